The molecule has 1 aromatic rings. The summed E-state index contributed by atoms with van der Waals surface area (Å²) in [6.07, 6.45) is 3.19. The van der Waals surface area contributed by atoms with Gasteiger partial charge in [0.25, 0.3) is 0 Å². The van der Waals surface area contributed by atoms with Crippen LogP contribution in [0, 0.1) is 23.2 Å². The van der Waals surface area contributed by atoms with Crippen LogP contribution in [0.2, 0.25) is 0 Å². The highest BCUT2D eigenvalue weighted by Crippen LogP contribution is 2.47. The van der Waals surface area contributed by atoms with Crippen molar-refractivity contribution in [3.05, 3.63) is 33.4 Å². The quantitative estimate of drug-likeness (QED) is 0.615. The summed E-state index contributed by atoms with van der Waals surface area (Å²) in [5, 5.41) is 20.3. The molecule has 1 aliphatic heterocycles. The van der Waals surface area contributed by atoms with E-state index in [9.17, 15) is 15.2 Å². The third kappa shape index (κ3) is 4.25. The number of aliphatic imine (C=N–C) groups is 1. The van der Waals surface area contributed by atoms with Gasteiger partial charge in [-0.3, -0.25) is 9.79 Å². The molecule has 29 heavy (non-hydrogen) atoms. The predicted octanol–water partition coefficient (Wildman–Crippen LogP) is 5.67. The SMILES string of the molecule is CCCC1CC(=O)C2=C(C1)N=C(C)C(C#N)C2c1cc(Br)c(O)c(OC(C)C)c1. The Morgan fingerprint density at radius 2 is 2.10 bits per heavy atom. The number of aromatic hydroxyl groups is 1. The molecule has 0 fully saturated rings. The van der Waals surface area contributed by atoms with Crippen LogP contribution in [0.25, 0.3) is 0 Å². The lowest BCUT2D eigenvalue weighted by Gasteiger charge is -2.35. The number of ketones is 1. The smallest absolute Gasteiger partial charge is 0.172 e. The number of benzene rings is 1. The second kappa shape index (κ2) is 8.71. The highest BCUT2D eigenvalue weighted by Gasteiger charge is 2.41. The zero-order valence-electron chi connectivity index (χ0n) is 17.3. The number of halogens is 1. The number of carbonyl (C=O) groups is 1. The van der Waals surface area contributed by atoms with Crippen molar-refractivity contribution in [1.29, 1.82) is 5.26 Å². The van der Waals surface area contributed by atoms with Crippen molar-refractivity contribution in [2.75, 3.05) is 0 Å². The van der Waals surface area contributed by atoms with Gasteiger partial charge in [-0.05, 0) is 73.2 Å². The Kier molecular flexibility index (Phi) is 6.48. The van der Waals surface area contributed by atoms with Gasteiger partial charge in [0.1, 0.15) is 0 Å². The molecule has 0 spiro atoms. The summed E-state index contributed by atoms with van der Waals surface area (Å²) >= 11 is 3.40. The molecule has 0 saturated heterocycles. The number of rotatable bonds is 5. The first kappa shape index (κ1) is 21.6. The second-order valence-electron chi connectivity index (χ2n) is 8.20. The Morgan fingerprint density at radius 1 is 1.38 bits per heavy atom. The summed E-state index contributed by atoms with van der Waals surface area (Å²) < 4.78 is 6.25. The molecule has 3 unspecified atom stereocenters. The van der Waals surface area contributed by atoms with Crippen LogP contribution >= 0.6 is 15.9 Å². The van der Waals surface area contributed by atoms with E-state index < -0.39 is 11.8 Å². The van der Waals surface area contributed by atoms with Crippen LogP contribution in [0.5, 0.6) is 11.5 Å². The number of phenols is 1. The monoisotopic (exact) mass is 458 g/mol. The molecule has 0 radical (unpaired) electrons. The Morgan fingerprint density at radius 3 is 2.72 bits per heavy atom. The maximum atomic E-state index is 13.2. The van der Waals surface area contributed by atoms with Gasteiger partial charge in [-0.25, -0.2) is 0 Å². The van der Waals surface area contributed by atoms with E-state index in [0.717, 1.165) is 36.2 Å². The molecule has 6 heteroatoms. The minimum Gasteiger partial charge on any atom is -0.503 e. The maximum absolute atomic E-state index is 13.2. The predicted molar refractivity (Wildman–Crippen MR) is 116 cm³/mol. The largest absolute Gasteiger partial charge is 0.503 e. The third-order valence-corrected chi connectivity index (χ3v) is 6.19. The fourth-order valence-corrected chi connectivity index (χ4v) is 4.85. The van der Waals surface area contributed by atoms with Crippen molar-refractivity contribution in [1.82, 2.24) is 0 Å². The average Bonchev–Trinajstić information content (AvgIpc) is 2.64. The number of carbonyl (C=O) groups excluding carboxylic acids is 1. The van der Waals surface area contributed by atoms with Gasteiger partial charge >= 0.3 is 0 Å². The molecule has 154 valence electrons. The van der Waals surface area contributed by atoms with Crippen molar-refractivity contribution in [2.24, 2.45) is 16.8 Å². The standard InChI is InChI=1S/C23H27BrN2O3/c1-5-6-14-7-18-22(19(27)8-14)21(16(11-25)13(4)26-18)15-9-17(24)23(28)20(10-15)29-12(2)3/h9-10,12,14,16,21,28H,5-8H2,1-4H3. The minimum atomic E-state index is -0.524. The van der Waals surface area contributed by atoms with Crippen molar-refractivity contribution >= 4 is 27.4 Å². The minimum absolute atomic E-state index is 0.0179. The van der Waals surface area contributed by atoms with Crippen molar-refractivity contribution in [3.8, 4) is 17.6 Å². The summed E-state index contributed by atoms with van der Waals surface area (Å²) in [4.78, 5) is 17.8. The molecule has 0 aromatic heterocycles. The van der Waals surface area contributed by atoms with Crippen LogP contribution in [0.3, 0.4) is 0 Å². The van der Waals surface area contributed by atoms with E-state index >= 15 is 0 Å². The van der Waals surface area contributed by atoms with Gasteiger partial charge in [0, 0.05) is 29.3 Å². The van der Waals surface area contributed by atoms with E-state index in [1.165, 1.54) is 0 Å². The maximum Gasteiger partial charge on any atom is 0.172 e. The van der Waals surface area contributed by atoms with E-state index in [1.807, 2.05) is 20.8 Å². The summed E-state index contributed by atoms with van der Waals surface area (Å²) in [5.41, 5.74) is 2.99. The van der Waals surface area contributed by atoms with Crippen molar-refractivity contribution in [2.45, 2.75) is 65.4 Å². The van der Waals surface area contributed by atoms with Crippen LogP contribution in [0.1, 0.15) is 64.9 Å². The molecule has 3 rings (SSSR count). The highest BCUT2D eigenvalue weighted by atomic mass is 79.9. The number of nitrogens with zero attached hydrogens (tertiary/aromatic N) is 2. The number of hydrogen-bond acceptors (Lipinski definition) is 5. The first-order chi connectivity index (χ1) is 13.8. The summed E-state index contributed by atoms with van der Waals surface area (Å²) in [6, 6.07) is 5.89. The number of ether oxygens (including phenoxy) is 1. The molecule has 1 aromatic carbocycles. The lowest BCUT2D eigenvalue weighted by molar-refractivity contribution is -0.117. The number of Topliss-reactive ketones (excluding diaryl/α,β-unsaturated/α-hetero) is 1. The lowest BCUT2D eigenvalue weighted by atomic mass is 9.70. The molecule has 1 N–H and O–H groups in total. The molecule has 2 aliphatic rings. The van der Waals surface area contributed by atoms with Crippen LogP contribution < -0.4 is 4.74 Å². The highest BCUT2D eigenvalue weighted by molar-refractivity contribution is 9.10. The fraction of sp³-hybridized carbons (Fsp3) is 0.522. The van der Waals surface area contributed by atoms with E-state index in [2.05, 4.69) is 33.9 Å². The van der Waals surface area contributed by atoms with Gasteiger partial charge in [0.05, 0.1) is 22.6 Å². The van der Waals surface area contributed by atoms with Crippen LogP contribution in [-0.2, 0) is 4.79 Å². The van der Waals surface area contributed by atoms with Crippen LogP contribution in [-0.4, -0.2) is 22.7 Å². The number of hydrogen-bond donors (Lipinski definition) is 1. The molecule has 0 amide bonds. The first-order valence-electron chi connectivity index (χ1n) is 10.2. The average molecular weight is 459 g/mol. The summed E-state index contributed by atoms with van der Waals surface area (Å²) in [6.45, 7) is 7.76. The van der Waals surface area contributed by atoms with Gasteiger partial charge in [0.15, 0.2) is 17.3 Å². The van der Waals surface area contributed by atoms with E-state index in [4.69, 9.17) is 4.74 Å². The Bertz CT molecular complexity index is 927. The molecular weight excluding hydrogens is 432 g/mol. The molecule has 5 nitrogen and oxygen atoms in total. The molecule has 1 heterocycles. The lowest BCUT2D eigenvalue weighted by Crippen LogP contribution is -2.32. The molecule has 0 saturated carbocycles. The van der Waals surface area contributed by atoms with Gasteiger partial charge in [-0.2, -0.15) is 5.26 Å². The Labute approximate surface area is 180 Å². The molecule has 3 atom stereocenters. The summed E-state index contributed by atoms with van der Waals surface area (Å²) in [7, 11) is 0. The normalized spacial score (nSPS) is 24.2. The molecule has 1 aliphatic carbocycles. The number of nitriles is 1. The van der Waals surface area contributed by atoms with E-state index in [-0.39, 0.29) is 17.6 Å². The van der Waals surface area contributed by atoms with E-state index in [1.54, 1.807) is 12.1 Å². The second-order valence-corrected chi connectivity index (χ2v) is 9.05. The fourth-order valence-electron chi connectivity index (χ4n) is 4.39. The first-order valence-corrected chi connectivity index (χ1v) is 11.0. The zero-order chi connectivity index (χ0) is 21.3. The topological polar surface area (TPSA) is 82.7 Å². The number of allylic oxidation sites excluding steroid dienone is 2. The van der Waals surface area contributed by atoms with Gasteiger partial charge in [-0.1, -0.05) is 13.3 Å². The van der Waals surface area contributed by atoms with E-state index in [0.29, 0.717) is 28.1 Å². The number of phenolic OH excluding ortho intramolecular Hbond substituents is 1. The van der Waals surface area contributed by atoms with Crippen LogP contribution in [0.4, 0.5) is 0 Å². The van der Waals surface area contributed by atoms with Gasteiger partial charge in [0.2, 0.25) is 0 Å². The van der Waals surface area contributed by atoms with Gasteiger partial charge < -0.3 is 9.84 Å². The zero-order valence-corrected chi connectivity index (χ0v) is 18.9. The van der Waals surface area contributed by atoms with Crippen molar-refractivity contribution < 1.29 is 14.6 Å². The summed E-state index contributed by atoms with van der Waals surface area (Å²) in [5.74, 6) is -0.173. The third-order valence-electron chi connectivity index (χ3n) is 5.58. The van der Waals surface area contributed by atoms with Crippen LogP contribution in [0.15, 0.2) is 32.9 Å². The molecular formula is C23H27BrN2O3. The Balaban J connectivity index is 2.14. The van der Waals surface area contributed by atoms with Crippen molar-refractivity contribution in [3.63, 3.8) is 0 Å². The van der Waals surface area contributed by atoms with Gasteiger partial charge in [-0.15, -0.1) is 0 Å². The Hall–Kier alpha value is -2.13. The molecule has 0 bridgehead atoms.